The third-order valence-corrected chi connectivity index (χ3v) is 5.31. The number of rotatable bonds is 3. The van der Waals surface area contributed by atoms with Gasteiger partial charge in [0, 0.05) is 13.8 Å². The first kappa shape index (κ1) is 16.2. The predicted molar refractivity (Wildman–Crippen MR) is 90.5 cm³/mol. The van der Waals surface area contributed by atoms with E-state index in [1.165, 1.54) is 11.3 Å². The van der Waals surface area contributed by atoms with E-state index < -0.39 is 5.97 Å². The monoisotopic (exact) mass is 431 g/mol. The first-order valence-corrected chi connectivity index (χ1v) is 8.31. The van der Waals surface area contributed by atoms with Crippen LogP contribution in [0.3, 0.4) is 0 Å². The highest BCUT2D eigenvalue weighted by Gasteiger charge is 2.21. The van der Waals surface area contributed by atoms with Crippen molar-refractivity contribution in [1.82, 2.24) is 0 Å². The molecule has 2 N–H and O–H groups in total. The molecule has 0 saturated carbocycles. The number of benzene rings is 1. The zero-order chi connectivity index (χ0) is 15.7. The van der Waals surface area contributed by atoms with E-state index in [2.05, 4.69) is 37.2 Å². The number of halogens is 2. The van der Waals surface area contributed by atoms with Crippen molar-refractivity contribution in [2.75, 3.05) is 5.32 Å². The molecule has 0 atom stereocenters. The third kappa shape index (κ3) is 3.36. The molecule has 4 nitrogen and oxygen atoms in total. The van der Waals surface area contributed by atoms with Crippen molar-refractivity contribution in [3.8, 4) is 0 Å². The lowest BCUT2D eigenvalue weighted by Gasteiger charge is -2.07. The Kier molecular flexibility index (Phi) is 4.85. The number of carboxylic acids is 1. The summed E-state index contributed by atoms with van der Waals surface area (Å²) in [4.78, 5) is 24.5. The lowest BCUT2D eigenvalue weighted by Crippen LogP contribution is -2.14. The van der Waals surface area contributed by atoms with Gasteiger partial charge in [0.05, 0.1) is 11.1 Å². The average molecular weight is 433 g/mol. The molecule has 1 heterocycles. The van der Waals surface area contributed by atoms with Crippen molar-refractivity contribution in [3.05, 3.63) is 48.7 Å². The summed E-state index contributed by atoms with van der Waals surface area (Å²) in [6.07, 6.45) is 0. The Morgan fingerprint density at radius 3 is 2.52 bits per heavy atom. The molecular weight excluding hydrogens is 422 g/mol. The molecule has 0 aliphatic rings. The van der Waals surface area contributed by atoms with Crippen LogP contribution in [0, 0.1) is 13.8 Å². The molecule has 2 aromatic rings. The number of aryl methyl sites for hydroxylation is 1. The van der Waals surface area contributed by atoms with Crippen LogP contribution in [0.4, 0.5) is 5.00 Å². The normalized spacial score (nSPS) is 10.5. The second kappa shape index (κ2) is 6.29. The number of carboxylic acid groups (broad SMARTS) is 1. The molecule has 21 heavy (non-hydrogen) atoms. The van der Waals surface area contributed by atoms with E-state index in [-0.39, 0.29) is 11.5 Å². The van der Waals surface area contributed by atoms with E-state index in [4.69, 9.17) is 0 Å². The fourth-order valence-electron chi connectivity index (χ4n) is 1.81. The SMILES string of the molecule is Cc1sc(NC(=O)c2cc(Br)ccc2Br)c(C(=O)O)c1C. The predicted octanol–water partition coefficient (Wildman–Crippen LogP) is 4.84. The first-order valence-electron chi connectivity index (χ1n) is 5.91. The summed E-state index contributed by atoms with van der Waals surface area (Å²) in [5.41, 5.74) is 1.26. The summed E-state index contributed by atoms with van der Waals surface area (Å²) in [6.45, 7) is 3.57. The zero-order valence-electron chi connectivity index (χ0n) is 11.2. The molecule has 0 radical (unpaired) electrons. The van der Waals surface area contributed by atoms with Crippen LogP contribution in [-0.2, 0) is 0 Å². The Morgan fingerprint density at radius 1 is 1.24 bits per heavy atom. The maximum Gasteiger partial charge on any atom is 0.338 e. The molecule has 0 saturated heterocycles. The Balaban J connectivity index is 2.38. The van der Waals surface area contributed by atoms with Gasteiger partial charge in [0.15, 0.2) is 0 Å². The number of hydrogen-bond donors (Lipinski definition) is 2. The molecule has 0 spiro atoms. The van der Waals surface area contributed by atoms with Gasteiger partial charge in [-0.2, -0.15) is 0 Å². The minimum absolute atomic E-state index is 0.150. The Morgan fingerprint density at radius 2 is 1.90 bits per heavy atom. The smallest absolute Gasteiger partial charge is 0.338 e. The van der Waals surface area contributed by atoms with Gasteiger partial charge < -0.3 is 10.4 Å². The summed E-state index contributed by atoms with van der Waals surface area (Å²) in [6, 6.07) is 5.23. The molecule has 1 aromatic carbocycles. The number of carbonyl (C=O) groups is 2. The molecule has 110 valence electrons. The average Bonchev–Trinajstić information content (AvgIpc) is 2.67. The van der Waals surface area contributed by atoms with Crippen molar-refractivity contribution in [2.24, 2.45) is 0 Å². The fourth-order valence-corrected chi connectivity index (χ4v) is 3.65. The second-order valence-corrected chi connectivity index (χ2v) is 7.37. The fraction of sp³-hybridized carbons (Fsp3) is 0.143. The second-order valence-electron chi connectivity index (χ2n) is 4.37. The quantitative estimate of drug-likeness (QED) is 0.729. The number of hydrogen-bond acceptors (Lipinski definition) is 3. The molecule has 0 aliphatic heterocycles. The molecule has 1 aromatic heterocycles. The number of aromatic carboxylic acids is 1. The molecule has 0 unspecified atom stereocenters. The highest BCUT2D eigenvalue weighted by atomic mass is 79.9. The van der Waals surface area contributed by atoms with Gasteiger partial charge in [-0.15, -0.1) is 11.3 Å². The van der Waals surface area contributed by atoms with Crippen LogP contribution >= 0.6 is 43.2 Å². The summed E-state index contributed by atoms with van der Waals surface area (Å²) >= 11 is 7.89. The summed E-state index contributed by atoms with van der Waals surface area (Å²) in [5, 5.41) is 12.3. The van der Waals surface area contributed by atoms with Gasteiger partial charge in [0.25, 0.3) is 5.91 Å². The Hall–Kier alpha value is -1.18. The standard InChI is InChI=1S/C14H11Br2NO3S/c1-6-7(2)21-13(11(6)14(19)20)17-12(18)9-5-8(15)3-4-10(9)16/h3-5H,1-2H3,(H,17,18)(H,19,20). The summed E-state index contributed by atoms with van der Waals surface area (Å²) in [5.74, 6) is -1.40. The van der Waals surface area contributed by atoms with Crippen LogP contribution in [0.25, 0.3) is 0 Å². The summed E-state index contributed by atoms with van der Waals surface area (Å²) in [7, 11) is 0. The largest absolute Gasteiger partial charge is 0.478 e. The van der Waals surface area contributed by atoms with Crippen LogP contribution in [0.2, 0.25) is 0 Å². The van der Waals surface area contributed by atoms with Crippen LogP contribution in [0.15, 0.2) is 27.1 Å². The Bertz CT molecular complexity index is 740. The number of anilines is 1. The van der Waals surface area contributed by atoms with Gasteiger partial charge in [-0.05, 0) is 53.5 Å². The van der Waals surface area contributed by atoms with Crippen LogP contribution in [-0.4, -0.2) is 17.0 Å². The van der Waals surface area contributed by atoms with Crippen LogP contribution in [0.1, 0.15) is 31.2 Å². The van der Waals surface area contributed by atoms with Crippen molar-refractivity contribution in [1.29, 1.82) is 0 Å². The van der Waals surface area contributed by atoms with Gasteiger partial charge in [0.2, 0.25) is 0 Å². The highest BCUT2D eigenvalue weighted by molar-refractivity contribution is 9.11. The van der Waals surface area contributed by atoms with Gasteiger partial charge >= 0.3 is 5.97 Å². The molecule has 0 aliphatic carbocycles. The summed E-state index contributed by atoms with van der Waals surface area (Å²) < 4.78 is 1.41. The van der Waals surface area contributed by atoms with E-state index in [1.807, 2.05) is 13.0 Å². The highest BCUT2D eigenvalue weighted by Crippen LogP contribution is 2.33. The molecule has 1 amide bonds. The van der Waals surface area contributed by atoms with Crippen LogP contribution < -0.4 is 5.32 Å². The zero-order valence-corrected chi connectivity index (χ0v) is 15.1. The van der Waals surface area contributed by atoms with Gasteiger partial charge in [0.1, 0.15) is 5.00 Å². The van der Waals surface area contributed by atoms with E-state index >= 15 is 0 Å². The Labute approximate surface area is 142 Å². The van der Waals surface area contributed by atoms with Crippen LogP contribution in [0.5, 0.6) is 0 Å². The van der Waals surface area contributed by atoms with Crippen molar-refractivity contribution in [3.63, 3.8) is 0 Å². The lowest BCUT2D eigenvalue weighted by molar-refractivity contribution is 0.0697. The number of thiophene rings is 1. The molecule has 0 bridgehead atoms. The molecule has 7 heteroatoms. The minimum atomic E-state index is -1.04. The minimum Gasteiger partial charge on any atom is -0.478 e. The van der Waals surface area contributed by atoms with Gasteiger partial charge in [-0.25, -0.2) is 4.79 Å². The lowest BCUT2D eigenvalue weighted by atomic mass is 10.1. The van der Waals surface area contributed by atoms with E-state index in [1.54, 1.807) is 19.1 Å². The van der Waals surface area contributed by atoms with Crippen molar-refractivity contribution < 1.29 is 14.7 Å². The van der Waals surface area contributed by atoms with Gasteiger partial charge in [-0.3, -0.25) is 4.79 Å². The topological polar surface area (TPSA) is 66.4 Å². The first-order chi connectivity index (χ1) is 9.81. The van der Waals surface area contributed by atoms with Crippen molar-refractivity contribution in [2.45, 2.75) is 13.8 Å². The van der Waals surface area contributed by atoms with E-state index in [9.17, 15) is 14.7 Å². The molecular formula is C14H11Br2NO3S. The number of carbonyl (C=O) groups excluding carboxylic acids is 1. The maximum atomic E-state index is 12.3. The van der Waals surface area contributed by atoms with Crippen molar-refractivity contribution >= 4 is 60.1 Å². The molecule has 0 fully saturated rings. The van der Waals surface area contributed by atoms with E-state index in [0.717, 1.165) is 9.35 Å². The van der Waals surface area contributed by atoms with E-state index in [0.29, 0.717) is 20.6 Å². The number of nitrogens with one attached hydrogen (secondary N) is 1. The number of amides is 1. The van der Waals surface area contributed by atoms with Gasteiger partial charge in [-0.1, -0.05) is 15.9 Å². The maximum absolute atomic E-state index is 12.3. The molecule has 2 rings (SSSR count). The third-order valence-electron chi connectivity index (χ3n) is 3.00.